The Morgan fingerprint density at radius 1 is 1.42 bits per heavy atom. The summed E-state index contributed by atoms with van der Waals surface area (Å²) in [5.41, 5.74) is 1.18. The van der Waals surface area contributed by atoms with Gasteiger partial charge in [0, 0.05) is 19.1 Å². The Hall–Kier alpha value is -1.75. The highest BCUT2D eigenvalue weighted by atomic mass is 16.7. The highest BCUT2D eigenvalue weighted by Crippen LogP contribution is 2.37. The van der Waals surface area contributed by atoms with Gasteiger partial charge in [0.05, 0.1) is 6.42 Å². The van der Waals surface area contributed by atoms with E-state index in [4.69, 9.17) is 14.6 Å². The van der Waals surface area contributed by atoms with Crippen molar-refractivity contribution in [1.29, 1.82) is 0 Å². The van der Waals surface area contributed by atoms with E-state index >= 15 is 0 Å². The van der Waals surface area contributed by atoms with E-state index < -0.39 is 5.97 Å². The molecule has 0 radical (unpaired) electrons. The summed E-state index contributed by atoms with van der Waals surface area (Å²) in [7, 11) is 0. The van der Waals surface area contributed by atoms with Crippen molar-refractivity contribution >= 4 is 5.97 Å². The van der Waals surface area contributed by atoms with Crippen molar-refractivity contribution in [3.05, 3.63) is 23.8 Å². The number of fused-ring (bicyclic) bond motifs is 1. The van der Waals surface area contributed by atoms with Gasteiger partial charge in [0.2, 0.25) is 6.79 Å². The summed E-state index contributed by atoms with van der Waals surface area (Å²) in [6, 6.07) is 6.27. The van der Waals surface area contributed by atoms with Crippen LogP contribution in [-0.2, 0) is 4.79 Å². The molecule has 1 N–H and O–H groups in total. The Balaban J connectivity index is 1.62. The first-order chi connectivity index (χ1) is 9.13. The molecule has 0 saturated carbocycles. The van der Waals surface area contributed by atoms with Crippen LogP contribution in [0.2, 0.25) is 0 Å². The van der Waals surface area contributed by atoms with Gasteiger partial charge in [0.25, 0.3) is 0 Å². The molecule has 19 heavy (non-hydrogen) atoms. The highest BCUT2D eigenvalue weighted by Gasteiger charge is 2.32. The number of rotatable bonds is 4. The first-order valence-corrected chi connectivity index (χ1v) is 6.49. The molecule has 0 aromatic heterocycles. The Labute approximate surface area is 111 Å². The maximum Gasteiger partial charge on any atom is 0.303 e. The number of carbonyl (C=O) groups is 1. The first-order valence-electron chi connectivity index (χ1n) is 6.49. The maximum absolute atomic E-state index is 10.6. The normalized spacial score (nSPS) is 20.1. The number of hydrogen-bond acceptors (Lipinski definition) is 4. The second-order valence-electron chi connectivity index (χ2n) is 5.21. The van der Waals surface area contributed by atoms with Crippen LogP contribution in [-0.4, -0.2) is 35.9 Å². The molecule has 2 aliphatic heterocycles. The lowest BCUT2D eigenvalue weighted by molar-refractivity contribution is -0.139. The van der Waals surface area contributed by atoms with Crippen molar-refractivity contribution in [2.75, 3.05) is 19.9 Å². The molecule has 3 rings (SSSR count). The van der Waals surface area contributed by atoms with E-state index in [1.54, 1.807) is 0 Å². The third-order valence-corrected chi connectivity index (χ3v) is 3.88. The highest BCUT2D eigenvalue weighted by molar-refractivity contribution is 5.67. The quantitative estimate of drug-likeness (QED) is 0.898. The van der Waals surface area contributed by atoms with Crippen molar-refractivity contribution in [2.24, 2.45) is 5.92 Å². The third kappa shape index (κ3) is 2.38. The summed E-state index contributed by atoms with van der Waals surface area (Å²) >= 11 is 0. The van der Waals surface area contributed by atoms with Crippen molar-refractivity contribution < 1.29 is 19.4 Å². The van der Waals surface area contributed by atoms with Gasteiger partial charge in [-0.15, -0.1) is 0 Å². The van der Waals surface area contributed by atoms with Crippen LogP contribution in [0.4, 0.5) is 0 Å². The summed E-state index contributed by atoms with van der Waals surface area (Å²) in [6.07, 6.45) is 0.268. The standard InChI is InChI=1S/C14H17NO4/c1-9(15-6-10(7-15)4-14(16)17)11-2-3-12-13(5-11)19-8-18-12/h2-3,5,9-10H,4,6-8H2,1H3,(H,16,17). The zero-order valence-electron chi connectivity index (χ0n) is 10.8. The van der Waals surface area contributed by atoms with Gasteiger partial charge in [-0.2, -0.15) is 0 Å². The fourth-order valence-electron chi connectivity index (χ4n) is 2.69. The summed E-state index contributed by atoms with van der Waals surface area (Å²) < 4.78 is 10.7. The summed E-state index contributed by atoms with van der Waals surface area (Å²) in [5.74, 6) is 1.17. The molecule has 0 spiro atoms. The Bertz CT molecular complexity index is 496. The molecule has 1 saturated heterocycles. The van der Waals surface area contributed by atoms with Crippen LogP contribution in [0.5, 0.6) is 11.5 Å². The van der Waals surface area contributed by atoms with Crippen molar-refractivity contribution in [2.45, 2.75) is 19.4 Å². The minimum atomic E-state index is -0.708. The molecule has 1 unspecified atom stereocenters. The van der Waals surface area contributed by atoms with E-state index in [1.165, 1.54) is 5.56 Å². The summed E-state index contributed by atoms with van der Waals surface area (Å²) in [5, 5.41) is 8.75. The van der Waals surface area contributed by atoms with Gasteiger partial charge < -0.3 is 14.6 Å². The van der Waals surface area contributed by atoms with Crippen LogP contribution in [0.15, 0.2) is 18.2 Å². The van der Waals surface area contributed by atoms with Crippen LogP contribution in [0.25, 0.3) is 0 Å². The van der Waals surface area contributed by atoms with Crippen LogP contribution in [0, 0.1) is 5.92 Å². The molecule has 102 valence electrons. The maximum atomic E-state index is 10.6. The zero-order chi connectivity index (χ0) is 13.4. The number of likely N-dealkylation sites (tertiary alicyclic amines) is 1. The summed E-state index contributed by atoms with van der Waals surface area (Å²) in [4.78, 5) is 12.9. The molecule has 0 bridgehead atoms. The van der Waals surface area contributed by atoms with E-state index in [-0.39, 0.29) is 25.2 Å². The number of nitrogens with zero attached hydrogens (tertiary/aromatic N) is 1. The second kappa shape index (κ2) is 4.74. The van der Waals surface area contributed by atoms with Gasteiger partial charge >= 0.3 is 5.97 Å². The lowest BCUT2D eigenvalue weighted by Crippen LogP contribution is -2.48. The molecule has 2 aliphatic rings. The number of hydrogen-bond donors (Lipinski definition) is 1. The smallest absolute Gasteiger partial charge is 0.303 e. The van der Waals surface area contributed by atoms with E-state index in [0.717, 1.165) is 24.6 Å². The number of carboxylic acid groups (broad SMARTS) is 1. The number of aliphatic carboxylic acids is 1. The molecule has 1 atom stereocenters. The topological polar surface area (TPSA) is 59.0 Å². The molecule has 1 aromatic rings. The Kier molecular flexibility index (Phi) is 3.06. The average molecular weight is 263 g/mol. The number of benzene rings is 1. The molecular weight excluding hydrogens is 246 g/mol. The third-order valence-electron chi connectivity index (χ3n) is 3.88. The monoisotopic (exact) mass is 263 g/mol. The van der Waals surface area contributed by atoms with Gasteiger partial charge in [-0.05, 0) is 30.5 Å². The predicted molar refractivity (Wildman–Crippen MR) is 68.3 cm³/mol. The lowest BCUT2D eigenvalue weighted by Gasteiger charge is -2.42. The lowest BCUT2D eigenvalue weighted by atomic mass is 9.92. The fourth-order valence-corrected chi connectivity index (χ4v) is 2.69. The first kappa shape index (κ1) is 12.3. The molecule has 2 heterocycles. The fraction of sp³-hybridized carbons (Fsp3) is 0.500. The predicted octanol–water partition coefficient (Wildman–Crippen LogP) is 1.88. The second-order valence-corrected chi connectivity index (χ2v) is 5.21. The van der Waals surface area contributed by atoms with Gasteiger partial charge in [0.1, 0.15) is 0 Å². The van der Waals surface area contributed by atoms with E-state index in [9.17, 15) is 4.79 Å². The molecule has 0 aliphatic carbocycles. The zero-order valence-corrected chi connectivity index (χ0v) is 10.8. The van der Waals surface area contributed by atoms with Gasteiger partial charge in [-0.3, -0.25) is 9.69 Å². The largest absolute Gasteiger partial charge is 0.481 e. The van der Waals surface area contributed by atoms with Crippen LogP contribution >= 0.6 is 0 Å². The molecule has 1 aromatic carbocycles. The Morgan fingerprint density at radius 2 is 2.16 bits per heavy atom. The minimum absolute atomic E-state index is 0.268. The van der Waals surface area contributed by atoms with Crippen LogP contribution in [0.1, 0.15) is 24.9 Å². The molecule has 5 heteroatoms. The van der Waals surface area contributed by atoms with Crippen molar-refractivity contribution in [3.63, 3.8) is 0 Å². The van der Waals surface area contributed by atoms with Crippen molar-refractivity contribution in [3.8, 4) is 11.5 Å². The molecule has 5 nitrogen and oxygen atoms in total. The van der Waals surface area contributed by atoms with Crippen molar-refractivity contribution in [1.82, 2.24) is 4.90 Å². The summed E-state index contributed by atoms with van der Waals surface area (Å²) in [6.45, 7) is 4.12. The van der Waals surface area contributed by atoms with Crippen LogP contribution < -0.4 is 9.47 Å². The van der Waals surface area contributed by atoms with Crippen LogP contribution in [0.3, 0.4) is 0 Å². The van der Waals surface area contributed by atoms with E-state index in [2.05, 4.69) is 11.8 Å². The molecule has 1 fully saturated rings. The number of ether oxygens (including phenoxy) is 2. The SMILES string of the molecule is CC(c1ccc2c(c1)OCO2)N1CC(CC(=O)O)C1. The van der Waals surface area contributed by atoms with Gasteiger partial charge in [0.15, 0.2) is 11.5 Å². The number of carboxylic acids is 1. The van der Waals surface area contributed by atoms with E-state index in [0.29, 0.717) is 0 Å². The average Bonchev–Trinajstić information content (AvgIpc) is 2.79. The molecule has 0 amide bonds. The molecular formula is C14H17NO4. The Morgan fingerprint density at radius 3 is 2.89 bits per heavy atom. The minimum Gasteiger partial charge on any atom is -0.481 e. The van der Waals surface area contributed by atoms with Gasteiger partial charge in [-0.1, -0.05) is 6.07 Å². The van der Waals surface area contributed by atoms with Gasteiger partial charge in [-0.25, -0.2) is 0 Å². The van der Waals surface area contributed by atoms with E-state index in [1.807, 2.05) is 18.2 Å².